The summed E-state index contributed by atoms with van der Waals surface area (Å²) >= 11 is 0. The SMILES string of the molecule is Cc1cc(C)cc(C(=N)c2cc(NS(=O)c3ccccc3S(C)(=O)=O)ccc2N)c1. The average Bonchev–Trinajstić information content (AvgIpc) is 2.67. The molecule has 3 rings (SSSR count). The van der Waals surface area contributed by atoms with Crippen molar-refractivity contribution in [2.75, 3.05) is 16.7 Å². The van der Waals surface area contributed by atoms with E-state index in [9.17, 15) is 12.6 Å². The number of aryl methyl sites for hydroxylation is 2. The lowest BCUT2D eigenvalue weighted by Gasteiger charge is -2.13. The summed E-state index contributed by atoms with van der Waals surface area (Å²) in [5, 5.41) is 8.60. The van der Waals surface area contributed by atoms with E-state index in [-0.39, 0.29) is 15.5 Å². The van der Waals surface area contributed by atoms with Gasteiger partial charge in [-0.3, -0.25) is 5.41 Å². The van der Waals surface area contributed by atoms with Gasteiger partial charge in [0.15, 0.2) is 20.8 Å². The van der Waals surface area contributed by atoms with Crippen LogP contribution in [0.2, 0.25) is 0 Å². The van der Waals surface area contributed by atoms with Gasteiger partial charge in [0.2, 0.25) is 0 Å². The fourth-order valence-electron chi connectivity index (χ4n) is 3.18. The minimum Gasteiger partial charge on any atom is -0.398 e. The van der Waals surface area contributed by atoms with E-state index in [1.54, 1.807) is 30.3 Å². The maximum atomic E-state index is 12.9. The summed E-state index contributed by atoms with van der Waals surface area (Å²) in [7, 11) is -5.34. The molecular weight excluding hydrogens is 418 g/mol. The van der Waals surface area contributed by atoms with Crippen LogP contribution in [0.1, 0.15) is 22.3 Å². The number of hydrogen-bond donors (Lipinski definition) is 3. The number of rotatable bonds is 6. The van der Waals surface area contributed by atoms with Crippen molar-refractivity contribution in [3.05, 3.63) is 82.9 Å². The first-order valence-electron chi connectivity index (χ1n) is 9.11. The number of nitrogens with two attached hydrogens (primary N) is 1. The Kier molecular flexibility index (Phi) is 6.09. The van der Waals surface area contributed by atoms with Gasteiger partial charge in [-0.2, -0.15) is 0 Å². The minimum absolute atomic E-state index is 0.00878. The van der Waals surface area contributed by atoms with Gasteiger partial charge in [-0.1, -0.05) is 29.3 Å². The highest BCUT2D eigenvalue weighted by Crippen LogP contribution is 2.25. The van der Waals surface area contributed by atoms with E-state index in [2.05, 4.69) is 4.72 Å². The second kappa shape index (κ2) is 8.41. The zero-order chi connectivity index (χ0) is 22.1. The van der Waals surface area contributed by atoms with E-state index in [1.165, 1.54) is 12.1 Å². The molecule has 30 heavy (non-hydrogen) atoms. The average molecular weight is 442 g/mol. The molecule has 0 aliphatic heterocycles. The Balaban J connectivity index is 1.95. The molecular formula is C22H23N3O3S2. The zero-order valence-corrected chi connectivity index (χ0v) is 18.5. The van der Waals surface area contributed by atoms with Gasteiger partial charge in [0, 0.05) is 28.8 Å². The van der Waals surface area contributed by atoms with Crippen LogP contribution in [-0.2, 0) is 20.8 Å². The first-order valence-corrected chi connectivity index (χ1v) is 12.1. The van der Waals surface area contributed by atoms with Gasteiger partial charge < -0.3 is 10.5 Å². The van der Waals surface area contributed by atoms with Crippen molar-refractivity contribution in [3.8, 4) is 0 Å². The number of sulfone groups is 1. The Bertz CT molecular complexity index is 1250. The van der Waals surface area contributed by atoms with Crippen molar-refractivity contribution in [2.24, 2.45) is 0 Å². The number of nitrogen functional groups attached to an aromatic ring is 1. The molecule has 3 aromatic rings. The van der Waals surface area contributed by atoms with Crippen LogP contribution in [0.25, 0.3) is 0 Å². The zero-order valence-electron chi connectivity index (χ0n) is 16.9. The lowest BCUT2D eigenvalue weighted by atomic mass is 9.97. The van der Waals surface area contributed by atoms with Gasteiger partial charge in [0.05, 0.1) is 15.5 Å². The second-order valence-corrected chi connectivity index (χ2v) is 10.3. The largest absolute Gasteiger partial charge is 0.398 e. The molecule has 0 radical (unpaired) electrons. The van der Waals surface area contributed by atoms with Gasteiger partial charge in [-0.25, -0.2) is 12.6 Å². The first-order chi connectivity index (χ1) is 14.1. The molecule has 0 aliphatic carbocycles. The molecule has 0 fully saturated rings. The first kappa shape index (κ1) is 21.7. The molecule has 0 heterocycles. The molecule has 0 spiro atoms. The number of benzene rings is 3. The Morgan fingerprint density at radius 3 is 2.27 bits per heavy atom. The monoisotopic (exact) mass is 441 g/mol. The molecule has 0 bridgehead atoms. The fourth-order valence-corrected chi connectivity index (χ4v) is 5.53. The third-order valence-electron chi connectivity index (χ3n) is 4.49. The quantitative estimate of drug-likeness (QED) is 0.398. The molecule has 8 heteroatoms. The molecule has 1 atom stereocenters. The van der Waals surface area contributed by atoms with E-state index in [4.69, 9.17) is 11.1 Å². The minimum atomic E-state index is -3.53. The molecule has 4 N–H and O–H groups in total. The maximum Gasteiger partial charge on any atom is 0.176 e. The van der Waals surface area contributed by atoms with E-state index in [0.29, 0.717) is 16.9 Å². The van der Waals surface area contributed by atoms with Crippen molar-refractivity contribution < 1.29 is 12.6 Å². The predicted molar refractivity (Wildman–Crippen MR) is 122 cm³/mol. The van der Waals surface area contributed by atoms with Crippen molar-refractivity contribution in [3.63, 3.8) is 0 Å². The molecule has 0 aliphatic rings. The van der Waals surface area contributed by atoms with Crippen LogP contribution in [0.3, 0.4) is 0 Å². The Labute approximate surface area is 179 Å². The Morgan fingerprint density at radius 2 is 1.63 bits per heavy atom. The molecule has 0 saturated heterocycles. The number of hydrogen-bond acceptors (Lipinski definition) is 5. The van der Waals surface area contributed by atoms with E-state index in [0.717, 1.165) is 22.9 Å². The van der Waals surface area contributed by atoms with Crippen LogP contribution in [-0.4, -0.2) is 24.6 Å². The van der Waals surface area contributed by atoms with Crippen molar-refractivity contribution in [1.82, 2.24) is 0 Å². The smallest absolute Gasteiger partial charge is 0.176 e. The van der Waals surface area contributed by atoms with Crippen LogP contribution in [0.5, 0.6) is 0 Å². The summed E-state index contributed by atoms with van der Waals surface area (Å²) in [6.07, 6.45) is 1.08. The summed E-state index contributed by atoms with van der Waals surface area (Å²) in [6.45, 7) is 3.93. The lowest BCUT2D eigenvalue weighted by molar-refractivity contribution is 0.599. The van der Waals surface area contributed by atoms with Gasteiger partial charge in [0.25, 0.3) is 0 Å². The molecule has 3 aromatic carbocycles. The van der Waals surface area contributed by atoms with Crippen molar-refractivity contribution in [2.45, 2.75) is 23.6 Å². The van der Waals surface area contributed by atoms with Gasteiger partial charge in [-0.15, -0.1) is 0 Å². The number of nitrogens with one attached hydrogen (secondary N) is 2. The van der Waals surface area contributed by atoms with Crippen LogP contribution in [0.4, 0.5) is 11.4 Å². The van der Waals surface area contributed by atoms with Crippen molar-refractivity contribution >= 4 is 37.9 Å². The standard InChI is InChI=1S/C22H23N3O3S2/c1-14-10-15(2)12-16(11-14)22(24)18-13-17(8-9-19(18)23)25-29(26)20-6-4-5-7-21(20)30(3,27)28/h4-13,24-25H,23H2,1-3H3. The third kappa shape index (κ3) is 4.77. The van der Waals surface area contributed by atoms with E-state index < -0.39 is 20.8 Å². The highest BCUT2D eigenvalue weighted by atomic mass is 32.2. The topological polar surface area (TPSA) is 113 Å². The summed E-state index contributed by atoms with van der Waals surface area (Å²) < 4.78 is 39.7. The molecule has 6 nitrogen and oxygen atoms in total. The summed E-state index contributed by atoms with van der Waals surface area (Å²) in [5.74, 6) is 0. The lowest BCUT2D eigenvalue weighted by Crippen LogP contribution is -2.11. The van der Waals surface area contributed by atoms with Gasteiger partial charge >= 0.3 is 0 Å². The van der Waals surface area contributed by atoms with Gasteiger partial charge in [-0.05, 0) is 56.3 Å². The van der Waals surface area contributed by atoms with Gasteiger partial charge in [0.1, 0.15) is 0 Å². The molecule has 1 unspecified atom stereocenters. The van der Waals surface area contributed by atoms with Crippen LogP contribution < -0.4 is 10.5 Å². The molecule has 0 saturated carbocycles. The molecule has 0 amide bonds. The second-order valence-electron chi connectivity index (χ2n) is 7.14. The third-order valence-corrected chi connectivity index (χ3v) is 6.95. The van der Waals surface area contributed by atoms with Crippen LogP contribution in [0.15, 0.2) is 70.5 Å². The Hall–Kier alpha value is -2.97. The predicted octanol–water partition coefficient (Wildman–Crippen LogP) is 3.84. The van der Waals surface area contributed by atoms with Crippen molar-refractivity contribution in [1.29, 1.82) is 5.41 Å². The summed E-state index contributed by atoms with van der Waals surface area (Å²) in [4.78, 5) is 0.178. The highest BCUT2D eigenvalue weighted by Gasteiger charge is 2.18. The highest BCUT2D eigenvalue weighted by molar-refractivity contribution is 7.92. The molecule has 0 aromatic heterocycles. The van der Waals surface area contributed by atoms with E-state index in [1.807, 2.05) is 32.0 Å². The number of anilines is 2. The van der Waals surface area contributed by atoms with E-state index >= 15 is 0 Å². The van der Waals surface area contributed by atoms with Crippen LogP contribution in [0, 0.1) is 19.3 Å². The summed E-state index contributed by atoms with van der Waals surface area (Å²) in [6, 6.07) is 16.9. The summed E-state index contributed by atoms with van der Waals surface area (Å²) in [5.41, 5.74) is 10.6. The fraction of sp³-hybridized carbons (Fsp3) is 0.136. The molecule has 156 valence electrons. The van der Waals surface area contributed by atoms with Crippen LogP contribution >= 0.6 is 0 Å². The Morgan fingerprint density at radius 1 is 1.00 bits per heavy atom. The normalized spacial score (nSPS) is 12.4. The maximum absolute atomic E-state index is 12.9.